The lowest BCUT2D eigenvalue weighted by atomic mass is 10.1. The highest BCUT2D eigenvalue weighted by Gasteiger charge is 2.26. The molecule has 0 saturated carbocycles. The normalized spacial score (nSPS) is 23.1. The van der Waals surface area contributed by atoms with Gasteiger partial charge in [-0.2, -0.15) is 0 Å². The minimum absolute atomic E-state index is 0.107. The molecule has 1 saturated heterocycles. The maximum absolute atomic E-state index is 12.4. The monoisotopic (exact) mass is 319 g/mol. The van der Waals surface area contributed by atoms with E-state index in [4.69, 9.17) is 4.74 Å². The number of rotatable bonds is 5. The fourth-order valence-electron chi connectivity index (χ4n) is 2.91. The van der Waals surface area contributed by atoms with Gasteiger partial charge in [-0.3, -0.25) is 14.5 Å². The lowest BCUT2D eigenvalue weighted by molar-refractivity contribution is -0.131. The summed E-state index contributed by atoms with van der Waals surface area (Å²) in [5, 5.41) is 5.43. The largest absolute Gasteiger partial charge is 0.373 e. The number of ether oxygens (including phenoxy) is 1. The number of nitrogens with one attached hydrogen (secondary N) is 2. The molecule has 0 bridgehead atoms. The highest BCUT2D eigenvalue weighted by atomic mass is 16.5. The van der Waals surface area contributed by atoms with Gasteiger partial charge in [-0.25, -0.2) is 0 Å². The molecular formula is C17H25N3O3. The smallest absolute Gasteiger partial charge is 0.246 e. The first kappa shape index (κ1) is 17.4. The maximum atomic E-state index is 12.4. The molecule has 1 aromatic carbocycles. The SMILES string of the molecule is CNC(=O)C(NC(=O)CN1CC(C)OC(C)C1)c1ccccc1. The van der Waals surface area contributed by atoms with Crippen molar-refractivity contribution >= 4 is 11.8 Å². The number of nitrogens with zero attached hydrogens (tertiary/aromatic N) is 1. The van der Waals surface area contributed by atoms with E-state index in [-0.39, 0.29) is 30.6 Å². The average molecular weight is 319 g/mol. The van der Waals surface area contributed by atoms with Gasteiger partial charge in [0.25, 0.3) is 0 Å². The molecule has 2 amide bonds. The molecule has 0 spiro atoms. The Morgan fingerprint density at radius 1 is 1.22 bits per heavy atom. The number of amides is 2. The van der Waals surface area contributed by atoms with Crippen LogP contribution in [0.2, 0.25) is 0 Å². The van der Waals surface area contributed by atoms with Crippen molar-refractivity contribution < 1.29 is 14.3 Å². The predicted molar refractivity (Wildman–Crippen MR) is 87.8 cm³/mol. The van der Waals surface area contributed by atoms with Crippen molar-refractivity contribution in [2.75, 3.05) is 26.7 Å². The van der Waals surface area contributed by atoms with Gasteiger partial charge in [0.05, 0.1) is 18.8 Å². The molecule has 23 heavy (non-hydrogen) atoms. The molecule has 6 heteroatoms. The van der Waals surface area contributed by atoms with Crippen LogP contribution in [0, 0.1) is 0 Å². The van der Waals surface area contributed by atoms with E-state index in [1.807, 2.05) is 44.2 Å². The van der Waals surface area contributed by atoms with Crippen LogP contribution >= 0.6 is 0 Å². The zero-order valence-electron chi connectivity index (χ0n) is 13.9. The van der Waals surface area contributed by atoms with E-state index in [2.05, 4.69) is 15.5 Å². The standard InChI is InChI=1S/C17H25N3O3/c1-12-9-20(10-13(2)23-12)11-15(21)19-16(17(22)18-3)14-7-5-4-6-8-14/h4-8,12-13,16H,9-11H2,1-3H3,(H,18,22)(H,19,21). The van der Waals surface area contributed by atoms with Crippen molar-refractivity contribution in [3.8, 4) is 0 Å². The number of carbonyl (C=O) groups excluding carboxylic acids is 2. The van der Waals surface area contributed by atoms with Crippen molar-refractivity contribution in [3.63, 3.8) is 0 Å². The molecule has 126 valence electrons. The van der Waals surface area contributed by atoms with Gasteiger partial charge in [0.2, 0.25) is 11.8 Å². The van der Waals surface area contributed by atoms with Crippen LogP contribution in [0.3, 0.4) is 0 Å². The first-order chi connectivity index (χ1) is 11.0. The summed E-state index contributed by atoms with van der Waals surface area (Å²) >= 11 is 0. The van der Waals surface area contributed by atoms with Crippen molar-refractivity contribution in [2.45, 2.75) is 32.1 Å². The predicted octanol–water partition coefficient (Wildman–Crippen LogP) is 0.699. The number of morpholine rings is 1. The maximum Gasteiger partial charge on any atom is 0.246 e. The van der Waals surface area contributed by atoms with Crippen molar-refractivity contribution in [1.29, 1.82) is 0 Å². The van der Waals surface area contributed by atoms with Gasteiger partial charge in [0.15, 0.2) is 0 Å². The average Bonchev–Trinajstić information content (AvgIpc) is 2.51. The van der Waals surface area contributed by atoms with Gasteiger partial charge in [-0.05, 0) is 19.4 Å². The quantitative estimate of drug-likeness (QED) is 0.838. The summed E-state index contributed by atoms with van der Waals surface area (Å²) < 4.78 is 5.67. The third kappa shape index (κ3) is 5.04. The van der Waals surface area contributed by atoms with E-state index in [0.717, 1.165) is 5.56 Å². The third-order valence-corrected chi connectivity index (χ3v) is 3.81. The topological polar surface area (TPSA) is 70.7 Å². The Bertz CT molecular complexity index is 525. The molecule has 0 aromatic heterocycles. The Hall–Kier alpha value is -1.92. The summed E-state index contributed by atoms with van der Waals surface area (Å²) in [6.07, 6.45) is 0.214. The lowest BCUT2D eigenvalue weighted by Crippen LogP contribution is -2.50. The fraction of sp³-hybridized carbons (Fsp3) is 0.529. The van der Waals surface area contributed by atoms with Crippen LogP contribution < -0.4 is 10.6 Å². The lowest BCUT2D eigenvalue weighted by Gasteiger charge is -2.35. The summed E-state index contributed by atoms with van der Waals surface area (Å²) in [7, 11) is 1.57. The van der Waals surface area contributed by atoms with Crippen LogP contribution in [0.5, 0.6) is 0 Å². The van der Waals surface area contributed by atoms with Crippen LogP contribution in [0.4, 0.5) is 0 Å². The molecule has 1 fully saturated rings. The summed E-state index contributed by atoms with van der Waals surface area (Å²) in [6, 6.07) is 8.57. The Morgan fingerprint density at radius 3 is 2.39 bits per heavy atom. The van der Waals surface area contributed by atoms with E-state index < -0.39 is 6.04 Å². The molecule has 6 nitrogen and oxygen atoms in total. The number of carbonyl (C=O) groups is 2. The molecule has 0 aliphatic carbocycles. The highest BCUT2D eigenvalue weighted by Crippen LogP contribution is 2.14. The highest BCUT2D eigenvalue weighted by molar-refractivity contribution is 5.89. The minimum Gasteiger partial charge on any atom is -0.373 e. The van der Waals surface area contributed by atoms with E-state index in [0.29, 0.717) is 13.1 Å². The molecule has 1 aliphatic rings. The summed E-state index contributed by atoms with van der Waals surface area (Å²) in [5.41, 5.74) is 0.768. The molecule has 3 unspecified atom stereocenters. The van der Waals surface area contributed by atoms with Crippen LogP contribution in [0.1, 0.15) is 25.5 Å². The van der Waals surface area contributed by atoms with Crippen LogP contribution in [-0.2, 0) is 14.3 Å². The molecule has 1 aliphatic heterocycles. The van der Waals surface area contributed by atoms with Gasteiger partial charge < -0.3 is 15.4 Å². The van der Waals surface area contributed by atoms with E-state index in [1.54, 1.807) is 7.05 Å². The minimum atomic E-state index is -0.676. The Kier molecular flexibility index (Phi) is 6.12. The third-order valence-electron chi connectivity index (χ3n) is 3.81. The van der Waals surface area contributed by atoms with Crippen LogP contribution in [0.15, 0.2) is 30.3 Å². The second kappa shape index (κ2) is 8.08. The molecule has 2 rings (SSSR count). The Labute approximate surface area is 137 Å². The Morgan fingerprint density at radius 2 is 1.83 bits per heavy atom. The van der Waals surface area contributed by atoms with Gasteiger partial charge >= 0.3 is 0 Å². The second-order valence-electron chi connectivity index (χ2n) is 5.98. The zero-order chi connectivity index (χ0) is 16.8. The number of benzene rings is 1. The number of likely N-dealkylation sites (N-methyl/N-ethyl adjacent to an activating group) is 1. The van der Waals surface area contributed by atoms with Crippen LogP contribution in [-0.4, -0.2) is 55.6 Å². The molecular weight excluding hydrogens is 294 g/mol. The molecule has 1 aromatic rings. The summed E-state index contributed by atoms with van der Waals surface area (Å²) in [6.45, 7) is 5.69. The first-order valence-corrected chi connectivity index (χ1v) is 7.93. The van der Waals surface area contributed by atoms with E-state index in [9.17, 15) is 9.59 Å². The van der Waals surface area contributed by atoms with Gasteiger partial charge in [0, 0.05) is 20.1 Å². The number of hydrogen-bond donors (Lipinski definition) is 2. The van der Waals surface area contributed by atoms with Crippen LogP contribution in [0.25, 0.3) is 0 Å². The van der Waals surface area contributed by atoms with Gasteiger partial charge in [-0.1, -0.05) is 30.3 Å². The van der Waals surface area contributed by atoms with Crippen molar-refractivity contribution in [2.24, 2.45) is 0 Å². The summed E-state index contributed by atoms with van der Waals surface area (Å²) in [4.78, 5) is 26.5. The van der Waals surface area contributed by atoms with Crippen molar-refractivity contribution in [3.05, 3.63) is 35.9 Å². The number of hydrogen-bond acceptors (Lipinski definition) is 4. The molecule has 2 N–H and O–H groups in total. The zero-order valence-corrected chi connectivity index (χ0v) is 13.9. The van der Waals surface area contributed by atoms with Gasteiger partial charge in [-0.15, -0.1) is 0 Å². The molecule has 0 radical (unpaired) electrons. The molecule has 1 heterocycles. The van der Waals surface area contributed by atoms with E-state index >= 15 is 0 Å². The van der Waals surface area contributed by atoms with Crippen molar-refractivity contribution in [1.82, 2.24) is 15.5 Å². The summed E-state index contributed by atoms with van der Waals surface area (Å²) in [5.74, 6) is -0.392. The van der Waals surface area contributed by atoms with Gasteiger partial charge in [0.1, 0.15) is 6.04 Å². The Balaban J connectivity index is 1.99. The molecule has 3 atom stereocenters. The van der Waals surface area contributed by atoms with E-state index in [1.165, 1.54) is 0 Å². The first-order valence-electron chi connectivity index (χ1n) is 7.93. The fourth-order valence-corrected chi connectivity index (χ4v) is 2.91. The second-order valence-corrected chi connectivity index (χ2v) is 5.98.